The van der Waals surface area contributed by atoms with E-state index in [1.807, 2.05) is 12.4 Å². The fourth-order valence-corrected chi connectivity index (χ4v) is 22.3. The first-order valence-corrected chi connectivity index (χ1v) is 35.3. The van der Waals surface area contributed by atoms with Gasteiger partial charge in [0.05, 0.1) is 26.6 Å². The van der Waals surface area contributed by atoms with E-state index in [9.17, 15) is 19.2 Å². The SMILES string of the molecule is CCC[C@H]1C[C@H](OC(=O)Cn2cc(-c3ccc4c5ccc(-c6cn(CC(=O)O[C@@H]7CCC8(C)C9CCC%10(C)C([C@H](C)CCC(=O)OC)CC[C@H]%10[C@@H]9CC[C@@H]8C7)nn6)cc5n(CCN)c4c3)nn2)CCC1(C)C1CCC2(C)C([C@H](C)CCC(=O)OC)CC[C@H]2[C@@H]1C. The number of nitrogens with two attached hydrogens (primary N) is 1. The third-order valence-corrected chi connectivity index (χ3v) is 26.9. The average Bonchev–Trinajstić information content (AvgIpc) is 1.37. The van der Waals surface area contributed by atoms with Gasteiger partial charge in [0.15, 0.2) is 0 Å². The fourth-order valence-electron chi connectivity index (χ4n) is 22.3. The number of hydrogen-bond acceptors (Lipinski definition) is 13. The maximum atomic E-state index is 13.8. The Morgan fingerprint density at radius 2 is 1.09 bits per heavy atom. The number of esters is 4. The van der Waals surface area contributed by atoms with Crippen LogP contribution in [0.1, 0.15) is 197 Å². The maximum Gasteiger partial charge on any atom is 0.328 e. The topological polar surface area (TPSA) is 198 Å². The highest BCUT2D eigenvalue weighted by Crippen LogP contribution is 2.69. The van der Waals surface area contributed by atoms with Crippen molar-refractivity contribution in [2.45, 2.75) is 228 Å². The van der Waals surface area contributed by atoms with Gasteiger partial charge in [-0.15, -0.1) is 10.2 Å². The average molecular weight is 1240 g/mol. The summed E-state index contributed by atoms with van der Waals surface area (Å²) in [7, 11) is 2.99. The van der Waals surface area contributed by atoms with Crippen LogP contribution in [-0.4, -0.2) is 91.4 Å². The van der Waals surface area contributed by atoms with Gasteiger partial charge in [-0.25, -0.2) is 9.36 Å². The van der Waals surface area contributed by atoms with Crippen LogP contribution >= 0.6 is 0 Å². The molecule has 18 atom stereocenters. The molecule has 7 aliphatic rings. The third-order valence-electron chi connectivity index (χ3n) is 26.9. The summed E-state index contributed by atoms with van der Waals surface area (Å²) < 4.78 is 28.0. The molecule has 7 saturated carbocycles. The minimum absolute atomic E-state index is 0.00439. The Labute approximate surface area is 534 Å². The molecule has 0 bridgehead atoms. The second-order valence-corrected chi connectivity index (χ2v) is 31.1. The molecule has 90 heavy (non-hydrogen) atoms. The molecule has 2 aromatic carbocycles. The molecular formula is C74H106N8O8. The predicted molar refractivity (Wildman–Crippen MR) is 349 cm³/mol. The van der Waals surface area contributed by atoms with Crippen LogP contribution in [0.4, 0.5) is 0 Å². The Morgan fingerprint density at radius 3 is 1.63 bits per heavy atom. The Balaban J connectivity index is 0.643. The van der Waals surface area contributed by atoms with E-state index >= 15 is 0 Å². The van der Waals surface area contributed by atoms with Gasteiger partial charge >= 0.3 is 23.9 Å². The van der Waals surface area contributed by atoms with Gasteiger partial charge in [-0.2, -0.15) is 0 Å². The van der Waals surface area contributed by atoms with Crippen molar-refractivity contribution in [3.8, 4) is 22.5 Å². The van der Waals surface area contributed by atoms with Gasteiger partial charge in [-0.3, -0.25) is 19.2 Å². The number of hydrogen-bond donors (Lipinski definition) is 1. The number of nitrogens with zero attached hydrogens (tertiary/aromatic N) is 7. The highest BCUT2D eigenvalue weighted by molar-refractivity contribution is 6.10. The molecule has 3 heterocycles. The molecule has 7 aliphatic carbocycles. The summed E-state index contributed by atoms with van der Waals surface area (Å²) in [6, 6.07) is 12.6. The minimum atomic E-state index is -0.277. The van der Waals surface area contributed by atoms with Crippen molar-refractivity contribution >= 4 is 45.7 Å². The predicted octanol–water partition coefficient (Wildman–Crippen LogP) is 14.6. The standard InChI is InChI=1S/C74H106N8O8/c1-11-12-50-39-52(27-31-71(50,5)60-29-33-73(7)57(21-23-59(73)47(60)4)45(2)13-25-67(83)87-9)89-69(85)43-80-41-63(76-78-80)48-15-18-54-55-19-16-49(38-66(55)82(36-35-75)65(54)37-48)64-42-81(79-77-64)44-70(86)90-53-28-32-72(6)51(40-53)17-20-56-61-24-22-58(46(3)14-26-68(84)88-10)74(61,8)34-30-62(56)72/h15-16,18-19,37-38,41-42,45-47,50-53,56-62H,11-14,17,20-36,39-40,43-44,75H2,1-10H3/t45-,46-,47+,50+,51-,52-,53-,56+,57?,58?,59+,60?,61+,62?,71?,72?,73?,74?/m1/s1. The molecule has 490 valence electrons. The van der Waals surface area contributed by atoms with Gasteiger partial charge in [0.1, 0.15) is 36.7 Å². The minimum Gasteiger partial charge on any atom is -0.469 e. The molecule has 0 spiro atoms. The van der Waals surface area contributed by atoms with Crippen molar-refractivity contribution in [1.29, 1.82) is 0 Å². The number of carbonyl (C=O) groups excluding carboxylic acids is 4. The van der Waals surface area contributed by atoms with Crippen molar-refractivity contribution in [3.05, 3.63) is 48.8 Å². The zero-order valence-corrected chi connectivity index (χ0v) is 56.1. The van der Waals surface area contributed by atoms with Crippen molar-refractivity contribution < 1.29 is 38.1 Å². The molecule has 16 heteroatoms. The quantitative estimate of drug-likeness (QED) is 0.0538. The first-order chi connectivity index (χ1) is 43.2. The second-order valence-electron chi connectivity index (χ2n) is 31.1. The van der Waals surface area contributed by atoms with Crippen LogP contribution in [0.25, 0.3) is 44.3 Å². The van der Waals surface area contributed by atoms with E-state index in [0.29, 0.717) is 101 Å². The van der Waals surface area contributed by atoms with Crippen LogP contribution in [0, 0.1) is 92.7 Å². The van der Waals surface area contributed by atoms with Crippen LogP contribution in [0.15, 0.2) is 48.8 Å². The van der Waals surface area contributed by atoms with Gasteiger partial charge < -0.3 is 29.2 Å². The van der Waals surface area contributed by atoms with Gasteiger partial charge in [-0.1, -0.05) is 103 Å². The Kier molecular flexibility index (Phi) is 18.7. The lowest BCUT2D eigenvalue weighted by atomic mass is 9.44. The van der Waals surface area contributed by atoms with E-state index in [2.05, 4.69) is 117 Å². The highest BCUT2D eigenvalue weighted by Gasteiger charge is 2.62. The molecule has 16 nitrogen and oxygen atoms in total. The molecule has 3 aromatic heterocycles. The summed E-state index contributed by atoms with van der Waals surface area (Å²) in [5.41, 5.74) is 12.6. The fraction of sp³-hybridized carbons (Fsp3) is 0.730. The van der Waals surface area contributed by atoms with Crippen molar-refractivity contribution in [2.24, 2.45) is 98.4 Å². The van der Waals surface area contributed by atoms with Crippen LogP contribution in [0.3, 0.4) is 0 Å². The normalized spacial score (nSPS) is 34.6. The van der Waals surface area contributed by atoms with E-state index < -0.39 is 0 Å². The highest BCUT2D eigenvalue weighted by atomic mass is 16.6. The summed E-state index contributed by atoms with van der Waals surface area (Å²) in [5, 5.41) is 20.1. The van der Waals surface area contributed by atoms with Crippen LogP contribution < -0.4 is 5.73 Å². The molecular weight excluding hydrogens is 1130 g/mol. The molecule has 5 aromatic rings. The Morgan fingerprint density at radius 1 is 0.600 bits per heavy atom. The molecule has 7 fully saturated rings. The monoisotopic (exact) mass is 1230 g/mol. The zero-order valence-electron chi connectivity index (χ0n) is 56.1. The molecule has 0 radical (unpaired) electrons. The van der Waals surface area contributed by atoms with Gasteiger partial charge in [0.25, 0.3) is 0 Å². The van der Waals surface area contributed by atoms with E-state index in [0.717, 1.165) is 115 Å². The summed E-state index contributed by atoms with van der Waals surface area (Å²) >= 11 is 0. The number of benzene rings is 2. The molecule has 0 aliphatic heterocycles. The van der Waals surface area contributed by atoms with Crippen molar-refractivity contribution in [2.75, 3.05) is 20.8 Å². The van der Waals surface area contributed by atoms with Crippen molar-refractivity contribution in [3.63, 3.8) is 0 Å². The van der Waals surface area contributed by atoms with Crippen LogP contribution in [0.5, 0.6) is 0 Å². The third kappa shape index (κ3) is 12.0. The summed E-state index contributed by atoms with van der Waals surface area (Å²) in [5.74, 6) is 6.87. The molecule has 2 N–H and O–H groups in total. The summed E-state index contributed by atoms with van der Waals surface area (Å²) in [6.45, 7) is 20.9. The molecule has 8 unspecified atom stereocenters. The Bertz CT molecular complexity index is 3410. The molecule has 0 saturated heterocycles. The molecule has 0 amide bonds. The first-order valence-electron chi connectivity index (χ1n) is 35.3. The van der Waals surface area contributed by atoms with Crippen LogP contribution in [0.2, 0.25) is 0 Å². The van der Waals surface area contributed by atoms with E-state index in [-0.39, 0.29) is 60.0 Å². The van der Waals surface area contributed by atoms with E-state index in [1.165, 1.54) is 78.4 Å². The van der Waals surface area contributed by atoms with Gasteiger partial charge in [-0.05, 0) is 220 Å². The smallest absolute Gasteiger partial charge is 0.328 e. The largest absolute Gasteiger partial charge is 0.469 e. The summed E-state index contributed by atoms with van der Waals surface area (Å²) in [4.78, 5) is 51.5. The number of ether oxygens (including phenoxy) is 4. The zero-order chi connectivity index (χ0) is 63.4. The van der Waals surface area contributed by atoms with Gasteiger partial charge in [0.2, 0.25) is 0 Å². The lowest BCUT2D eigenvalue weighted by molar-refractivity contribution is -0.163. The second kappa shape index (κ2) is 26.0. The number of methoxy groups -OCH3 is 2. The first kappa shape index (κ1) is 64.5. The summed E-state index contributed by atoms with van der Waals surface area (Å²) in [6.07, 6.45) is 27.0. The molecule has 12 rings (SSSR count). The number of aromatic nitrogens is 7. The lowest BCUT2D eigenvalue weighted by Crippen LogP contribution is -2.54. The lowest BCUT2D eigenvalue weighted by Gasteiger charge is -2.61. The Hall–Kier alpha value is -5.64. The van der Waals surface area contributed by atoms with Gasteiger partial charge in [0, 0.05) is 58.9 Å². The van der Waals surface area contributed by atoms with E-state index in [4.69, 9.17) is 24.7 Å². The maximum absolute atomic E-state index is 13.8. The number of carbonyl (C=O) groups is 4. The van der Waals surface area contributed by atoms with E-state index in [1.54, 1.807) is 9.36 Å². The van der Waals surface area contributed by atoms with Crippen molar-refractivity contribution in [1.82, 2.24) is 34.6 Å². The number of rotatable bonds is 21. The number of fused-ring (bicyclic) bond motifs is 9. The van der Waals surface area contributed by atoms with Crippen LogP contribution in [-0.2, 0) is 57.8 Å².